The van der Waals surface area contributed by atoms with Crippen LogP contribution in [0.3, 0.4) is 0 Å². The number of carboxylic acid groups (broad SMARTS) is 1. The first-order chi connectivity index (χ1) is 9.88. The fourth-order valence-corrected chi connectivity index (χ4v) is 3.84. The summed E-state index contributed by atoms with van der Waals surface area (Å²) >= 11 is 0. The Labute approximate surface area is 124 Å². The van der Waals surface area contributed by atoms with Crippen molar-refractivity contribution in [3.05, 3.63) is 18.7 Å². The second kappa shape index (κ2) is 6.54. The van der Waals surface area contributed by atoms with E-state index in [1.807, 2.05) is 0 Å². The number of aromatic nitrogens is 2. The third-order valence-corrected chi connectivity index (χ3v) is 5.28. The third-order valence-electron chi connectivity index (χ3n) is 3.54. The number of hydrogen-bond acceptors (Lipinski definition) is 4. The van der Waals surface area contributed by atoms with E-state index in [9.17, 15) is 13.2 Å². The van der Waals surface area contributed by atoms with Gasteiger partial charge in [0.2, 0.25) is 0 Å². The molecule has 1 aliphatic heterocycles. The Hall–Kier alpha value is -1.45. The number of nitrogens with zero attached hydrogens (tertiary/aromatic N) is 3. The number of imidazole rings is 1. The summed E-state index contributed by atoms with van der Waals surface area (Å²) in [5.74, 6) is -1.30. The fourth-order valence-electron chi connectivity index (χ4n) is 2.42. The minimum Gasteiger partial charge on any atom is -0.481 e. The minimum atomic E-state index is -3.58. The molecule has 0 aliphatic carbocycles. The molecule has 0 aromatic carbocycles. The second-order valence-corrected chi connectivity index (χ2v) is 7.00. The molecular weight excluding hydrogens is 296 g/mol. The molecule has 1 aromatic rings. The van der Waals surface area contributed by atoms with Crippen LogP contribution in [0.2, 0.25) is 0 Å². The van der Waals surface area contributed by atoms with E-state index in [0.29, 0.717) is 19.4 Å². The fraction of sp³-hybridized carbons (Fsp3) is 0.667. The van der Waals surface area contributed by atoms with Crippen molar-refractivity contribution in [1.82, 2.24) is 18.6 Å². The van der Waals surface area contributed by atoms with Gasteiger partial charge in [0.1, 0.15) is 0 Å². The van der Waals surface area contributed by atoms with Crippen LogP contribution in [-0.2, 0) is 21.5 Å². The zero-order chi connectivity index (χ0) is 15.5. The second-order valence-electron chi connectivity index (χ2n) is 5.29. The number of nitrogens with one attached hydrogen (secondary N) is 1. The Morgan fingerprint density at radius 2 is 2.14 bits per heavy atom. The summed E-state index contributed by atoms with van der Waals surface area (Å²) in [6, 6.07) is -0.276. The van der Waals surface area contributed by atoms with E-state index in [2.05, 4.69) is 9.71 Å². The lowest BCUT2D eigenvalue weighted by Gasteiger charge is -2.30. The molecule has 0 bridgehead atoms. The van der Waals surface area contributed by atoms with Gasteiger partial charge in [-0.1, -0.05) is 0 Å². The number of carbonyl (C=O) groups is 1. The van der Waals surface area contributed by atoms with Gasteiger partial charge in [-0.05, 0) is 19.8 Å². The molecule has 1 unspecified atom stereocenters. The Morgan fingerprint density at radius 3 is 2.67 bits per heavy atom. The van der Waals surface area contributed by atoms with Crippen molar-refractivity contribution in [3.63, 3.8) is 0 Å². The summed E-state index contributed by atoms with van der Waals surface area (Å²) in [6.07, 6.45) is 5.74. The van der Waals surface area contributed by atoms with Crippen LogP contribution < -0.4 is 4.72 Å². The van der Waals surface area contributed by atoms with Crippen molar-refractivity contribution in [3.8, 4) is 0 Å². The molecule has 1 aromatic heterocycles. The third kappa shape index (κ3) is 4.26. The maximum Gasteiger partial charge on any atom is 0.306 e. The SMILES string of the molecule is CC(Cn1ccnc1)NS(=O)(=O)N1CCC(C(=O)O)CC1. The van der Waals surface area contributed by atoms with Gasteiger partial charge in [0.25, 0.3) is 10.2 Å². The largest absolute Gasteiger partial charge is 0.481 e. The zero-order valence-corrected chi connectivity index (χ0v) is 12.7. The molecule has 2 N–H and O–H groups in total. The predicted molar refractivity (Wildman–Crippen MR) is 75.7 cm³/mol. The summed E-state index contributed by atoms with van der Waals surface area (Å²) < 4.78 is 30.2. The Bertz CT molecular complexity index is 564. The van der Waals surface area contributed by atoms with Gasteiger partial charge in [0.15, 0.2) is 0 Å². The Kier molecular flexibility index (Phi) is 4.96. The standard InChI is InChI=1S/C12H20N4O4S/c1-10(8-15-7-4-13-9-15)14-21(19,20)16-5-2-11(3-6-16)12(17)18/h4,7,9-11,14H,2-3,5-6,8H2,1H3,(H,17,18). The number of hydrogen-bond donors (Lipinski definition) is 2. The van der Waals surface area contributed by atoms with Crippen LogP contribution in [0.15, 0.2) is 18.7 Å². The number of piperidine rings is 1. The molecule has 2 heterocycles. The normalized spacial score (nSPS) is 19.5. The van der Waals surface area contributed by atoms with E-state index in [4.69, 9.17) is 5.11 Å². The number of aliphatic carboxylic acids is 1. The zero-order valence-electron chi connectivity index (χ0n) is 11.8. The molecule has 8 nitrogen and oxygen atoms in total. The van der Waals surface area contributed by atoms with Crippen LogP contribution in [0.25, 0.3) is 0 Å². The van der Waals surface area contributed by atoms with E-state index >= 15 is 0 Å². The molecule has 9 heteroatoms. The molecule has 0 amide bonds. The molecule has 21 heavy (non-hydrogen) atoms. The molecule has 1 saturated heterocycles. The summed E-state index contributed by atoms with van der Waals surface area (Å²) in [4.78, 5) is 14.8. The highest BCUT2D eigenvalue weighted by molar-refractivity contribution is 7.87. The van der Waals surface area contributed by atoms with Gasteiger partial charge >= 0.3 is 5.97 Å². The van der Waals surface area contributed by atoms with Gasteiger partial charge in [0.05, 0.1) is 12.2 Å². The van der Waals surface area contributed by atoms with Crippen molar-refractivity contribution < 1.29 is 18.3 Å². The monoisotopic (exact) mass is 316 g/mol. The molecule has 118 valence electrons. The molecule has 0 spiro atoms. The molecule has 0 saturated carbocycles. The highest BCUT2D eigenvalue weighted by Gasteiger charge is 2.31. The first kappa shape index (κ1) is 15.9. The first-order valence-electron chi connectivity index (χ1n) is 6.84. The summed E-state index contributed by atoms with van der Waals surface area (Å²) in [6.45, 7) is 2.75. The van der Waals surface area contributed by atoms with Crippen molar-refractivity contribution in [2.75, 3.05) is 13.1 Å². The van der Waals surface area contributed by atoms with Crippen molar-refractivity contribution in [1.29, 1.82) is 0 Å². The van der Waals surface area contributed by atoms with E-state index in [-0.39, 0.29) is 19.1 Å². The van der Waals surface area contributed by atoms with Gasteiger partial charge in [-0.2, -0.15) is 17.4 Å². The van der Waals surface area contributed by atoms with Crippen LogP contribution >= 0.6 is 0 Å². The maximum absolute atomic E-state index is 12.2. The average molecular weight is 316 g/mol. The Balaban J connectivity index is 1.88. The van der Waals surface area contributed by atoms with E-state index in [1.165, 1.54) is 4.31 Å². The molecule has 1 fully saturated rings. The number of carboxylic acids is 1. The lowest BCUT2D eigenvalue weighted by Crippen LogP contribution is -2.49. The van der Waals surface area contributed by atoms with E-state index in [0.717, 1.165) is 0 Å². The van der Waals surface area contributed by atoms with Gasteiger partial charge in [-0.15, -0.1) is 0 Å². The predicted octanol–water partition coefficient (Wildman–Crippen LogP) is -0.0974. The van der Waals surface area contributed by atoms with Crippen LogP contribution in [0.4, 0.5) is 0 Å². The topological polar surface area (TPSA) is 105 Å². The smallest absolute Gasteiger partial charge is 0.306 e. The Morgan fingerprint density at radius 1 is 1.48 bits per heavy atom. The van der Waals surface area contributed by atoms with Crippen molar-refractivity contribution in [2.24, 2.45) is 5.92 Å². The minimum absolute atomic E-state index is 0.240. The maximum atomic E-state index is 12.2. The summed E-state index contributed by atoms with van der Waals surface area (Å²) in [7, 11) is -3.58. The molecule has 1 atom stereocenters. The average Bonchev–Trinajstić information content (AvgIpc) is 2.90. The lowest BCUT2D eigenvalue weighted by atomic mass is 9.99. The molecular formula is C12H20N4O4S. The van der Waals surface area contributed by atoms with Gasteiger partial charge in [-0.3, -0.25) is 4.79 Å². The molecule has 2 rings (SSSR count). The van der Waals surface area contributed by atoms with Crippen LogP contribution in [-0.4, -0.2) is 52.5 Å². The van der Waals surface area contributed by atoms with Gasteiger partial charge in [0, 0.05) is 38.1 Å². The summed E-state index contributed by atoms with van der Waals surface area (Å²) in [5, 5.41) is 8.92. The van der Waals surface area contributed by atoms with Crippen LogP contribution in [0, 0.1) is 5.92 Å². The highest BCUT2D eigenvalue weighted by Crippen LogP contribution is 2.19. The highest BCUT2D eigenvalue weighted by atomic mass is 32.2. The number of rotatable bonds is 6. The molecule has 0 radical (unpaired) electrons. The quantitative estimate of drug-likeness (QED) is 0.763. The van der Waals surface area contributed by atoms with Gasteiger partial charge in [-0.25, -0.2) is 4.98 Å². The van der Waals surface area contributed by atoms with Crippen LogP contribution in [0.5, 0.6) is 0 Å². The van der Waals surface area contributed by atoms with Gasteiger partial charge < -0.3 is 9.67 Å². The molecule has 1 aliphatic rings. The summed E-state index contributed by atoms with van der Waals surface area (Å²) in [5.41, 5.74) is 0. The van der Waals surface area contributed by atoms with E-state index < -0.39 is 22.1 Å². The van der Waals surface area contributed by atoms with Crippen molar-refractivity contribution >= 4 is 16.2 Å². The lowest BCUT2D eigenvalue weighted by molar-refractivity contribution is -0.142. The van der Waals surface area contributed by atoms with Crippen molar-refractivity contribution in [2.45, 2.75) is 32.4 Å². The first-order valence-corrected chi connectivity index (χ1v) is 8.28. The van der Waals surface area contributed by atoms with Crippen LogP contribution in [0.1, 0.15) is 19.8 Å². The van der Waals surface area contributed by atoms with E-state index in [1.54, 1.807) is 30.2 Å².